The number of hydrogen-bond donors (Lipinski definition) is 0. The molecule has 1 aromatic heterocycles. The lowest BCUT2D eigenvalue weighted by molar-refractivity contribution is 0.171. The zero-order valence-electron chi connectivity index (χ0n) is 12.2. The summed E-state index contributed by atoms with van der Waals surface area (Å²) < 4.78 is 4.52. The van der Waals surface area contributed by atoms with E-state index in [9.17, 15) is 0 Å². The van der Waals surface area contributed by atoms with Crippen LogP contribution in [0.25, 0.3) is 0 Å². The van der Waals surface area contributed by atoms with Gasteiger partial charge < -0.3 is 9.80 Å². The fraction of sp³-hybridized carbons (Fsp3) is 0.857. The molecule has 1 saturated heterocycles. The largest absolute Gasteiger partial charge is 0.347 e. The summed E-state index contributed by atoms with van der Waals surface area (Å²) in [4.78, 5) is 9.65. The highest BCUT2D eigenvalue weighted by molar-refractivity contribution is 7.09. The second-order valence-electron chi connectivity index (χ2n) is 6.18. The lowest BCUT2D eigenvalue weighted by Crippen LogP contribution is -2.45. The van der Waals surface area contributed by atoms with Crippen LogP contribution in [0.1, 0.15) is 51.3 Å². The van der Waals surface area contributed by atoms with Crippen molar-refractivity contribution in [2.24, 2.45) is 0 Å². The maximum Gasteiger partial charge on any atom is 0.205 e. The Labute approximate surface area is 120 Å². The summed E-state index contributed by atoms with van der Waals surface area (Å²) in [5.74, 6) is 1.76. The normalized spacial score (nSPS) is 22.1. The van der Waals surface area contributed by atoms with Crippen LogP contribution in [-0.2, 0) is 0 Å². The lowest BCUT2D eigenvalue weighted by Gasteiger charge is -2.38. The third-order valence-corrected chi connectivity index (χ3v) is 5.27. The molecule has 0 spiro atoms. The summed E-state index contributed by atoms with van der Waals surface area (Å²) >= 11 is 1.58. The third-order valence-electron chi connectivity index (χ3n) is 4.45. The molecule has 2 aliphatic rings. The second kappa shape index (κ2) is 5.37. The number of nitrogens with zero attached hydrogens (tertiary/aromatic N) is 4. The fourth-order valence-corrected chi connectivity index (χ4v) is 3.60. The van der Waals surface area contributed by atoms with Crippen LogP contribution in [0.3, 0.4) is 0 Å². The number of rotatable bonds is 4. The molecule has 0 atom stereocenters. The molecule has 4 nitrogen and oxygen atoms in total. The maximum absolute atomic E-state index is 4.72. The van der Waals surface area contributed by atoms with Crippen molar-refractivity contribution in [1.29, 1.82) is 0 Å². The molecule has 0 bridgehead atoms. The van der Waals surface area contributed by atoms with Gasteiger partial charge in [-0.1, -0.05) is 0 Å². The van der Waals surface area contributed by atoms with Crippen LogP contribution in [0.2, 0.25) is 0 Å². The number of aromatic nitrogens is 2. The van der Waals surface area contributed by atoms with Crippen molar-refractivity contribution in [3.05, 3.63) is 5.82 Å². The Morgan fingerprint density at radius 2 is 1.89 bits per heavy atom. The molecule has 1 aliphatic carbocycles. The van der Waals surface area contributed by atoms with Gasteiger partial charge in [-0.2, -0.15) is 4.37 Å². The van der Waals surface area contributed by atoms with E-state index in [1.54, 1.807) is 11.5 Å². The lowest BCUT2D eigenvalue weighted by atomic mass is 10.0. The summed E-state index contributed by atoms with van der Waals surface area (Å²) in [6.45, 7) is 7.00. The minimum Gasteiger partial charge on any atom is -0.347 e. The van der Waals surface area contributed by atoms with E-state index in [1.807, 2.05) is 0 Å². The van der Waals surface area contributed by atoms with Crippen LogP contribution < -0.4 is 4.90 Å². The summed E-state index contributed by atoms with van der Waals surface area (Å²) in [6, 6.07) is 1.31. The molecule has 19 heavy (non-hydrogen) atoms. The molecule has 1 aromatic rings. The van der Waals surface area contributed by atoms with Crippen molar-refractivity contribution in [3.63, 3.8) is 0 Å². The average molecular weight is 280 g/mol. The van der Waals surface area contributed by atoms with Crippen molar-refractivity contribution < 1.29 is 0 Å². The van der Waals surface area contributed by atoms with Gasteiger partial charge in [0.2, 0.25) is 5.13 Å². The van der Waals surface area contributed by atoms with Crippen molar-refractivity contribution >= 4 is 16.7 Å². The van der Waals surface area contributed by atoms with Crippen molar-refractivity contribution in [2.75, 3.05) is 25.0 Å². The van der Waals surface area contributed by atoms with Gasteiger partial charge in [-0.25, -0.2) is 4.98 Å². The van der Waals surface area contributed by atoms with Crippen molar-refractivity contribution in [3.8, 4) is 0 Å². The zero-order chi connectivity index (χ0) is 13.4. The van der Waals surface area contributed by atoms with Gasteiger partial charge in [-0.15, -0.1) is 0 Å². The monoisotopic (exact) mass is 280 g/mol. The van der Waals surface area contributed by atoms with Crippen molar-refractivity contribution in [1.82, 2.24) is 14.3 Å². The molecular weight excluding hydrogens is 256 g/mol. The molecule has 106 valence electrons. The van der Waals surface area contributed by atoms with E-state index in [0.717, 1.165) is 11.0 Å². The van der Waals surface area contributed by atoms with Crippen LogP contribution in [0.5, 0.6) is 0 Å². The van der Waals surface area contributed by atoms with Gasteiger partial charge in [-0.05, 0) is 39.5 Å². The van der Waals surface area contributed by atoms with Gasteiger partial charge in [-0.3, -0.25) is 0 Å². The van der Waals surface area contributed by atoms with Gasteiger partial charge in [0.1, 0.15) is 5.82 Å². The van der Waals surface area contributed by atoms with Crippen LogP contribution >= 0.6 is 11.5 Å². The molecule has 0 radical (unpaired) electrons. The molecule has 5 heteroatoms. The quantitative estimate of drug-likeness (QED) is 0.849. The van der Waals surface area contributed by atoms with Crippen LogP contribution in [-0.4, -0.2) is 46.5 Å². The Morgan fingerprint density at radius 3 is 2.47 bits per heavy atom. The molecule has 2 fully saturated rings. The van der Waals surface area contributed by atoms with Gasteiger partial charge >= 0.3 is 0 Å². The molecule has 0 unspecified atom stereocenters. The Balaban J connectivity index is 1.59. The standard InChI is InChI=1S/C14H24N4S/c1-10(2)18-8-6-12(7-9-18)17(3)14-15-13(16-19-14)11-4-5-11/h10-12H,4-9H2,1-3H3. The van der Waals surface area contributed by atoms with Crippen LogP contribution in [0.15, 0.2) is 0 Å². The summed E-state index contributed by atoms with van der Waals surface area (Å²) in [5.41, 5.74) is 0. The van der Waals surface area contributed by atoms with E-state index >= 15 is 0 Å². The smallest absolute Gasteiger partial charge is 0.205 e. The van der Waals surface area contributed by atoms with E-state index in [4.69, 9.17) is 4.98 Å². The Morgan fingerprint density at radius 1 is 1.21 bits per heavy atom. The van der Waals surface area contributed by atoms with Gasteiger partial charge in [0, 0.05) is 49.7 Å². The minimum absolute atomic E-state index is 0.634. The predicted molar refractivity (Wildman–Crippen MR) is 80.0 cm³/mol. The molecule has 0 amide bonds. The molecule has 0 N–H and O–H groups in total. The molecule has 3 rings (SSSR count). The van der Waals surface area contributed by atoms with Gasteiger partial charge in [0.25, 0.3) is 0 Å². The highest BCUT2D eigenvalue weighted by Gasteiger charge is 2.30. The Kier molecular flexibility index (Phi) is 3.76. The predicted octanol–water partition coefficient (Wildman–Crippen LogP) is 2.72. The zero-order valence-corrected chi connectivity index (χ0v) is 13.0. The first-order chi connectivity index (χ1) is 9.15. The first kappa shape index (κ1) is 13.3. The Bertz CT molecular complexity index is 419. The highest BCUT2D eigenvalue weighted by Crippen LogP contribution is 2.40. The molecule has 1 aliphatic heterocycles. The van der Waals surface area contributed by atoms with Crippen LogP contribution in [0, 0.1) is 0 Å². The SMILES string of the molecule is CC(C)N1CCC(N(C)c2nc(C3CC3)ns2)CC1. The second-order valence-corrected chi connectivity index (χ2v) is 6.91. The maximum atomic E-state index is 4.72. The third kappa shape index (κ3) is 2.92. The van der Waals surface area contributed by atoms with Crippen molar-refractivity contribution in [2.45, 2.75) is 57.5 Å². The van der Waals surface area contributed by atoms with E-state index in [0.29, 0.717) is 18.0 Å². The van der Waals surface area contributed by atoms with Gasteiger partial charge in [0.05, 0.1) is 0 Å². The fourth-order valence-electron chi connectivity index (χ4n) is 2.82. The number of likely N-dealkylation sites (tertiary alicyclic amines) is 1. The summed E-state index contributed by atoms with van der Waals surface area (Å²) in [7, 11) is 2.19. The van der Waals surface area contributed by atoms with E-state index in [-0.39, 0.29) is 0 Å². The number of anilines is 1. The molecule has 0 aromatic carbocycles. The average Bonchev–Trinajstić information content (AvgIpc) is 3.16. The number of hydrogen-bond acceptors (Lipinski definition) is 5. The molecule has 1 saturated carbocycles. The summed E-state index contributed by atoms with van der Waals surface area (Å²) in [5, 5.41) is 1.12. The van der Waals surface area contributed by atoms with Gasteiger partial charge in [0.15, 0.2) is 0 Å². The van der Waals surface area contributed by atoms with Crippen LogP contribution in [0.4, 0.5) is 5.13 Å². The Hall–Kier alpha value is -0.680. The number of piperidine rings is 1. The summed E-state index contributed by atoms with van der Waals surface area (Å²) in [6.07, 6.45) is 5.05. The van der Waals surface area contributed by atoms with E-state index in [1.165, 1.54) is 38.8 Å². The van der Waals surface area contributed by atoms with E-state index in [2.05, 4.69) is 35.1 Å². The highest BCUT2D eigenvalue weighted by atomic mass is 32.1. The topological polar surface area (TPSA) is 32.3 Å². The molecule has 2 heterocycles. The van der Waals surface area contributed by atoms with E-state index < -0.39 is 0 Å². The first-order valence-corrected chi connectivity index (χ1v) is 8.23. The first-order valence-electron chi connectivity index (χ1n) is 7.45. The minimum atomic E-state index is 0.634. The molecular formula is C14H24N4S.